The van der Waals surface area contributed by atoms with Gasteiger partial charge in [0.25, 0.3) is 0 Å². The Morgan fingerprint density at radius 1 is 1.47 bits per heavy atom. The Kier molecular flexibility index (Phi) is 2.47. The molecule has 0 aliphatic heterocycles. The predicted octanol–water partition coefficient (Wildman–Crippen LogP) is 2.65. The van der Waals surface area contributed by atoms with Crippen LogP contribution < -0.4 is 0 Å². The molecule has 1 aromatic carbocycles. The normalized spacial score (nSPS) is 10.2. The summed E-state index contributed by atoms with van der Waals surface area (Å²) in [5.41, 5.74) is 2.30. The zero-order valence-corrected chi connectivity index (χ0v) is 8.29. The van der Waals surface area contributed by atoms with E-state index in [1.807, 2.05) is 0 Å². The first-order valence-corrected chi connectivity index (χ1v) is 5.04. The topological polar surface area (TPSA) is 50.2 Å². The van der Waals surface area contributed by atoms with Crippen molar-refractivity contribution >= 4 is 17.3 Å². The summed E-state index contributed by atoms with van der Waals surface area (Å²) in [7, 11) is 0. The van der Waals surface area contributed by atoms with Gasteiger partial charge in [-0.3, -0.25) is 0 Å². The van der Waals surface area contributed by atoms with Gasteiger partial charge in [0, 0.05) is 10.9 Å². The van der Waals surface area contributed by atoms with Crippen LogP contribution >= 0.6 is 11.3 Å². The number of rotatable bonds is 2. The quantitative estimate of drug-likeness (QED) is 0.851. The first kappa shape index (κ1) is 9.79. The molecule has 0 radical (unpaired) electrons. The van der Waals surface area contributed by atoms with Crippen molar-refractivity contribution in [2.45, 2.75) is 0 Å². The number of aromatic carboxylic acids is 1. The maximum absolute atomic E-state index is 13.4. The fourth-order valence-corrected chi connectivity index (χ4v) is 1.75. The molecule has 76 valence electrons. The number of benzene rings is 1. The van der Waals surface area contributed by atoms with E-state index in [0.29, 0.717) is 5.69 Å². The van der Waals surface area contributed by atoms with Crippen LogP contribution in [0.15, 0.2) is 29.1 Å². The van der Waals surface area contributed by atoms with Gasteiger partial charge in [0.2, 0.25) is 0 Å². The summed E-state index contributed by atoms with van der Waals surface area (Å²) in [6, 6.07) is 3.65. The third kappa shape index (κ3) is 1.87. The van der Waals surface area contributed by atoms with E-state index >= 15 is 0 Å². The van der Waals surface area contributed by atoms with Crippen LogP contribution in [0.1, 0.15) is 10.4 Å². The van der Waals surface area contributed by atoms with E-state index in [1.54, 1.807) is 10.9 Å². The van der Waals surface area contributed by atoms with Crippen molar-refractivity contribution in [2.24, 2.45) is 0 Å². The molecule has 0 spiro atoms. The second kappa shape index (κ2) is 3.78. The fourth-order valence-electron chi connectivity index (χ4n) is 1.20. The van der Waals surface area contributed by atoms with Crippen LogP contribution in [0.2, 0.25) is 0 Å². The van der Waals surface area contributed by atoms with E-state index < -0.39 is 11.8 Å². The number of hydrogen-bond donors (Lipinski definition) is 1. The zero-order valence-electron chi connectivity index (χ0n) is 7.48. The minimum Gasteiger partial charge on any atom is -0.478 e. The molecule has 1 heterocycles. The van der Waals surface area contributed by atoms with Gasteiger partial charge in [-0.1, -0.05) is 0 Å². The highest BCUT2D eigenvalue weighted by molar-refractivity contribution is 7.07. The molecule has 0 aliphatic rings. The Bertz CT molecular complexity index is 496. The summed E-state index contributed by atoms with van der Waals surface area (Å²) >= 11 is 1.33. The van der Waals surface area contributed by atoms with Crippen molar-refractivity contribution in [3.63, 3.8) is 0 Å². The van der Waals surface area contributed by atoms with Gasteiger partial charge in [0.05, 0.1) is 16.8 Å². The van der Waals surface area contributed by atoms with Gasteiger partial charge in [-0.05, 0) is 18.2 Å². The van der Waals surface area contributed by atoms with Gasteiger partial charge < -0.3 is 5.11 Å². The third-order valence-corrected chi connectivity index (χ3v) is 2.51. The largest absolute Gasteiger partial charge is 0.478 e. The summed E-state index contributed by atoms with van der Waals surface area (Å²) in [6.07, 6.45) is 0. The highest BCUT2D eigenvalue weighted by atomic mass is 32.1. The number of carbonyl (C=O) groups is 1. The van der Waals surface area contributed by atoms with Crippen LogP contribution in [-0.4, -0.2) is 16.1 Å². The molecule has 0 atom stereocenters. The maximum atomic E-state index is 13.4. The van der Waals surface area contributed by atoms with Gasteiger partial charge in [-0.15, -0.1) is 11.3 Å². The van der Waals surface area contributed by atoms with Crippen LogP contribution in [0, 0.1) is 5.82 Å². The van der Waals surface area contributed by atoms with Gasteiger partial charge in [0.1, 0.15) is 5.82 Å². The van der Waals surface area contributed by atoms with Gasteiger partial charge >= 0.3 is 5.97 Å². The molecule has 0 unspecified atom stereocenters. The molecule has 0 bridgehead atoms. The standard InChI is InChI=1S/C10H6FNO2S/c11-8-2-1-6(10(13)14)3-7(8)9-4-15-5-12-9/h1-5H,(H,13,14). The first-order valence-electron chi connectivity index (χ1n) is 4.10. The van der Waals surface area contributed by atoms with E-state index in [-0.39, 0.29) is 11.1 Å². The number of nitrogens with zero attached hydrogens (tertiary/aromatic N) is 1. The fraction of sp³-hybridized carbons (Fsp3) is 0. The molecule has 2 rings (SSSR count). The van der Waals surface area contributed by atoms with Crippen molar-refractivity contribution in [1.29, 1.82) is 0 Å². The van der Waals surface area contributed by atoms with Crippen molar-refractivity contribution in [2.75, 3.05) is 0 Å². The Hall–Kier alpha value is -1.75. The molecule has 1 N–H and O–H groups in total. The Balaban J connectivity index is 2.55. The number of thiazole rings is 1. The average molecular weight is 223 g/mol. The lowest BCUT2D eigenvalue weighted by Gasteiger charge is -2.00. The van der Waals surface area contributed by atoms with E-state index in [9.17, 15) is 9.18 Å². The number of halogens is 1. The predicted molar refractivity (Wildman–Crippen MR) is 54.5 cm³/mol. The highest BCUT2D eigenvalue weighted by Gasteiger charge is 2.11. The molecule has 2 aromatic rings. The van der Waals surface area contributed by atoms with Crippen LogP contribution in [-0.2, 0) is 0 Å². The molecule has 1 aromatic heterocycles. The van der Waals surface area contributed by atoms with Crippen molar-refractivity contribution in [3.05, 3.63) is 40.5 Å². The molecular formula is C10H6FNO2S. The third-order valence-electron chi connectivity index (χ3n) is 1.92. The molecule has 0 saturated heterocycles. The molecule has 0 saturated carbocycles. The maximum Gasteiger partial charge on any atom is 0.335 e. The van der Waals surface area contributed by atoms with Crippen LogP contribution in [0.3, 0.4) is 0 Å². The van der Waals surface area contributed by atoms with Crippen molar-refractivity contribution < 1.29 is 14.3 Å². The summed E-state index contributed by atoms with van der Waals surface area (Å²) in [5, 5.41) is 10.4. The summed E-state index contributed by atoms with van der Waals surface area (Å²) in [4.78, 5) is 14.6. The smallest absolute Gasteiger partial charge is 0.335 e. The second-order valence-electron chi connectivity index (χ2n) is 2.87. The highest BCUT2D eigenvalue weighted by Crippen LogP contribution is 2.23. The monoisotopic (exact) mass is 223 g/mol. The number of hydrogen-bond acceptors (Lipinski definition) is 3. The number of carboxylic acid groups (broad SMARTS) is 1. The van der Waals surface area contributed by atoms with Crippen molar-refractivity contribution in [1.82, 2.24) is 4.98 Å². The van der Waals surface area contributed by atoms with Gasteiger partial charge in [0.15, 0.2) is 0 Å². The zero-order chi connectivity index (χ0) is 10.8. The SMILES string of the molecule is O=C(O)c1ccc(F)c(-c2cscn2)c1. The second-order valence-corrected chi connectivity index (χ2v) is 3.59. The van der Waals surface area contributed by atoms with E-state index in [0.717, 1.165) is 6.07 Å². The number of carboxylic acids is 1. The minimum absolute atomic E-state index is 0.0550. The van der Waals surface area contributed by atoms with E-state index in [4.69, 9.17) is 5.11 Å². The van der Waals surface area contributed by atoms with Crippen LogP contribution in [0.4, 0.5) is 4.39 Å². The molecular weight excluding hydrogens is 217 g/mol. The van der Waals surface area contributed by atoms with Crippen LogP contribution in [0.25, 0.3) is 11.3 Å². The lowest BCUT2D eigenvalue weighted by Crippen LogP contribution is -1.97. The molecule has 15 heavy (non-hydrogen) atoms. The number of aromatic nitrogens is 1. The van der Waals surface area contributed by atoms with Crippen LogP contribution in [0.5, 0.6) is 0 Å². The first-order chi connectivity index (χ1) is 7.18. The van der Waals surface area contributed by atoms with E-state index in [2.05, 4.69) is 4.98 Å². The minimum atomic E-state index is -1.08. The van der Waals surface area contributed by atoms with Gasteiger partial charge in [-0.2, -0.15) is 0 Å². The summed E-state index contributed by atoms with van der Waals surface area (Å²) in [6.45, 7) is 0. The Morgan fingerprint density at radius 2 is 2.27 bits per heavy atom. The molecule has 0 aliphatic carbocycles. The Morgan fingerprint density at radius 3 is 2.87 bits per heavy atom. The lowest BCUT2D eigenvalue weighted by atomic mass is 10.1. The summed E-state index contributed by atoms with van der Waals surface area (Å²) < 4.78 is 13.4. The van der Waals surface area contributed by atoms with Crippen molar-refractivity contribution in [3.8, 4) is 11.3 Å². The molecule has 0 amide bonds. The van der Waals surface area contributed by atoms with E-state index in [1.165, 1.54) is 23.5 Å². The molecule has 3 nitrogen and oxygen atoms in total. The Labute approximate surface area is 88.8 Å². The molecule has 5 heteroatoms. The lowest BCUT2D eigenvalue weighted by molar-refractivity contribution is 0.0697. The molecule has 0 fully saturated rings. The summed E-state index contributed by atoms with van der Waals surface area (Å²) in [5.74, 6) is -1.54. The average Bonchev–Trinajstić information content (AvgIpc) is 2.71. The van der Waals surface area contributed by atoms with Gasteiger partial charge in [-0.25, -0.2) is 14.2 Å².